The van der Waals surface area contributed by atoms with Gasteiger partial charge < -0.3 is 10.5 Å². The Kier molecular flexibility index (Phi) is 4.12. The van der Waals surface area contributed by atoms with E-state index in [1.165, 1.54) is 18.0 Å². The number of sulfone groups is 1. The Labute approximate surface area is 122 Å². The highest BCUT2D eigenvalue weighted by molar-refractivity contribution is 7.90. The van der Waals surface area contributed by atoms with Crippen LogP contribution in [0.2, 0.25) is 0 Å². The largest absolute Gasteiger partial charge is 0.495 e. The molecule has 0 aliphatic rings. The van der Waals surface area contributed by atoms with Gasteiger partial charge in [-0.25, -0.2) is 13.1 Å². The fourth-order valence-electron chi connectivity index (χ4n) is 2.06. The summed E-state index contributed by atoms with van der Waals surface area (Å²) in [6.45, 7) is 1.74. The normalized spacial score (nSPS) is 13.1. The van der Waals surface area contributed by atoms with Crippen LogP contribution in [-0.4, -0.2) is 47.7 Å². The van der Waals surface area contributed by atoms with E-state index in [1.54, 1.807) is 25.1 Å². The molecule has 0 aliphatic carbocycles. The first kappa shape index (κ1) is 15.2. The van der Waals surface area contributed by atoms with Gasteiger partial charge in [0.2, 0.25) is 0 Å². The Morgan fingerprint density at radius 3 is 2.71 bits per heavy atom. The monoisotopic (exact) mass is 311 g/mol. The predicted octanol–water partition coefficient (Wildman–Crippen LogP) is 0.537. The second-order valence-corrected chi connectivity index (χ2v) is 7.03. The van der Waals surface area contributed by atoms with Crippen molar-refractivity contribution >= 4 is 15.5 Å². The van der Waals surface area contributed by atoms with Gasteiger partial charge in [-0.1, -0.05) is 0 Å². The number of nitrogens with zero attached hydrogens (tertiary/aromatic N) is 4. The van der Waals surface area contributed by atoms with E-state index in [0.717, 1.165) is 0 Å². The summed E-state index contributed by atoms with van der Waals surface area (Å²) < 4.78 is 29.4. The lowest BCUT2D eigenvalue weighted by atomic mass is 10.1. The van der Waals surface area contributed by atoms with Gasteiger partial charge in [-0.3, -0.25) is 0 Å². The van der Waals surface area contributed by atoms with Crippen LogP contribution in [0.4, 0.5) is 5.69 Å². The SMILES string of the molecule is COc1ccc(-c2nnnn2C(C)CS(C)(=O)=O)cc1N. The molecule has 2 N–H and O–H groups in total. The molecule has 2 rings (SSSR count). The van der Waals surface area contributed by atoms with Gasteiger partial charge in [0.1, 0.15) is 15.6 Å². The average molecular weight is 311 g/mol. The zero-order valence-corrected chi connectivity index (χ0v) is 12.8. The van der Waals surface area contributed by atoms with Crippen LogP contribution in [0.1, 0.15) is 13.0 Å². The van der Waals surface area contributed by atoms with Gasteiger partial charge in [-0.05, 0) is 35.5 Å². The first-order chi connectivity index (χ1) is 9.81. The van der Waals surface area contributed by atoms with Crippen LogP contribution in [0.3, 0.4) is 0 Å². The van der Waals surface area contributed by atoms with Crippen molar-refractivity contribution in [1.82, 2.24) is 20.2 Å². The maximum atomic E-state index is 11.4. The molecule has 0 amide bonds. The van der Waals surface area contributed by atoms with Gasteiger partial charge in [0.25, 0.3) is 0 Å². The number of ether oxygens (including phenoxy) is 1. The molecule has 8 nitrogen and oxygen atoms in total. The fraction of sp³-hybridized carbons (Fsp3) is 0.417. The van der Waals surface area contributed by atoms with E-state index in [9.17, 15) is 8.42 Å². The van der Waals surface area contributed by atoms with Gasteiger partial charge in [-0.2, -0.15) is 0 Å². The Morgan fingerprint density at radius 2 is 2.14 bits per heavy atom. The van der Waals surface area contributed by atoms with E-state index in [0.29, 0.717) is 22.8 Å². The van der Waals surface area contributed by atoms with Gasteiger partial charge in [0.15, 0.2) is 5.82 Å². The minimum Gasteiger partial charge on any atom is -0.495 e. The molecule has 0 aliphatic heterocycles. The molecule has 1 atom stereocenters. The van der Waals surface area contributed by atoms with Crippen molar-refractivity contribution < 1.29 is 13.2 Å². The zero-order chi connectivity index (χ0) is 15.6. The first-order valence-electron chi connectivity index (χ1n) is 6.21. The van der Waals surface area contributed by atoms with Gasteiger partial charge in [-0.15, -0.1) is 5.10 Å². The third kappa shape index (κ3) is 3.48. The van der Waals surface area contributed by atoms with E-state index < -0.39 is 9.84 Å². The molecule has 1 aromatic carbocycles. The number of hydrogen-bond donors (Lipinski definition) is 1. The van der Waals surface area contributed by atoms with Crippen LogP contribution < -0.4 is 10.5 Å². The van der Waals surface area contributed by atoms with Crippen LogP contribution in [0.25, 0.3) is 11.4 Å². The summed E-state index contributed by atoms with van der Waals surface area (Å²) in [5.74, 6) is 0.971. The van der Waals surface area contributed by atoms with Crippen LogP contribution in [0.5, 0.6) is 5.75 Å². The fourth-order valence-corrected chi connectivity index (χ4v) is 3.08. The number of benzene rings is 1. The van der Waals surface area contributed by atoms with Crippen LogP contribution in [0, 0.1) is 0 Å². The Balaban J connectivity index is 2.38. The summed E-state index contributed by atoms with van der Waals surface area (Å²) in [6.07, 6.45) is 1.18. The van der Waals surface area contributed by atoms with Crippen molar-refractivity contribution in [3.8, 4) is 17.1 Å². The quantitative estimate of drug-likeness (QED) is 0.801. The van der Waals surface area contributed by atoms with Crippen molar-refractivity contribution in [2.24, 2.45) is 0 Å². The number of tetrazole rings is 1. The second-order valence-electron chi connectivity index (χ2n) is 4.85. The Bertz CT molecular complexity index is 741. The molecule has 0 saturated heterocycles. The number of nitrogens with two attached hydrogens (primary N) is 1. The molecule has 1 heterocycles. The molecule has 0 spiro atoms. The molecule has 9 heteroatoms. The van der Waals surface area contributed by atoms with E-state index in [-0.39, 0.29) is 11.8 Å². The van der Waals surface area contributed by atoms with E-state index in [2.05, 4.69) is 15.5 Å². The maximum Gasteiger partial charge on any atom is 0.182 e. The lowest BCUT2D eigenvalue weighted by molar-refractivity contribution is 0.417. The number of rotatable bonds is 5. The van der Waals surface area contributed by atoms with Crippen LogP contribution in [0.15, 0.2) is 18.2 Å². The Hall–Kier alpha value is -2.16. The van der Waals surface area contributed by atoms with Crippen molar-refractivity contribution in [3.63, 3.8) is 0 Å². The van der Waals surface area contributed by atoms with Gasteiger partial charge >= 0.3 is 0 Å². The van der Waals surface area contributed by atoms with Crippen molar-refractivity contribution in [2.45, 2.75) is 13.0 Å². The molecule has 21 heavy (non-hydrogen) atoms. The minimum atomic E-state index is -3.13. The second kappa shape index (κ2) is 5.68. The lowest BCUT2D eigenvalue weighted by Crippen LogP contribution is -2.18. The number of anilines is 1. The van der Waals surface area contributed by atoms with Gasteiger partial charge in [0, 0.05) is 11.8 Å². The molecular weight excluding hydrogens is 294 g/mol. The molecule has 0 radical (unpaired) electrons. The third-order valence-electron chi connectivity index (χ3n) is 2.94. The molecule has 114 valence electrons. The topological polar surface area (TPSA) is 113 Å². The third-order valence-corrected chi connectivity index (χ3v) is 4.03. The number of nitrogen functional groups attached to an aromatic ring is 1. The van der Waals surface area contributed by atoms with Crippen molar-refractivity contribution in [1.29, 1.82) is 0 Å². The van der Waals surface area contributed by atoms with Crippen molar-refractivity contribution in [2.75, 3.05) is 24.9 Å². The van der Waals surface area contributed by atoms with E-state index >= 15 is 0 Å². The standard InChI is InChI=1S/C12H17N5O3S/c1-8(7-21(3,18)19)17-12(14-15-16-17)9-4-5-11(20-2)10(13)6-9/h4-6,8H,7,13H2,1-3H3. The maximum absolute atomic E-state index is 11.4. The smallest absolute Gasteiger partial charge is 0.182 e. The average Bonchev–Trinajstić information content (AvgIpc) is 2.85. The zero-order valence-electron chi connectivity index (χ0n) is 12.0. The van der Waals surface area contributed by atoms with Gasteiger partial charge in [0.05, 0.1) is 24.6 Å². The number of aromatic nitrogens is 4. The summed E-state index contributed by atoms with van der Waals surface area (Å²) in [6, 6.07) is 4.79. The molecule has 2 aromatic rings. The number of hydrogen-bond acceptors (Lipinski definition) is 7. The van der Waals surface area contributed by atoms with Crippen LogP contribution in [-0.2, 0) is 9.84 Å². The van der Waals surface area contributed by atoms with Crippen LogP contribution >= 0.6 is 0 Å². The highest BCUT2D eigenvalue weighted by Gasteiger charge is 2.19. The highest BCUT2D eigenvalue weighted by Crippen LogP contribution is 2.28. The molecule has 1 unspecified atom stereocenters. The lowest BCUT2D eigenvalue weighted by Gasteiger charge is -2.13. The molecule has 0 bridgehead atoms. The summed E-state index contributed by atoms with van der Waals surface area (Å²) in [5, 5.41) is 11.4. The van der Waals surface area contributed by atoms with E-state index in [4.69, 9.17) is 10.5 Å². The predicted molar refractivity (Wildman–Crippen MR) is 78.6 cm³/mol. The molecular formula is C12H17N5O3S. The molecule has 0 fully saturated rings. The number of methoxy groups -OCH3 is 1. The van der Waals surface area contributed by atoms with Crippen molar-refractivity contribution in [3.05, 3.63) is 18.2 Å². The summed E-state index contributed by atoms with van der Waals surface area (Å²) in [7, 11) is -1.60. The van der Waals surface area contributed by atoms with E-state index in [1.807, 2.05) is 0 Å². The minimum absolute atomic E-state index is 0.0450. The first-order valence-corrected chi connectivity index (χ1v) is 8.27. The Morgan fingerprint density at radius 1 is 1.43 bits per heavy atom. The molecule has 1 aromatic heterocycles. The summed E-state index contributed by atoms with van der Waals surface area (Å²) in [5.41, 5.74) is 7.02. The summed E-state index contributed by atoms with van der Waals surface area (Å²) in [4.78, 5) is 0. The molecule has 0 saturated carbocycles. The highest BCUT2D eigenvalue weighted by atomic mass is 32.2. The summed E-state index contributed by atoms with van der Waals surface area (Å²) >= 11 is 0.